The average molecular weight is 343 g/mol. The molecule has 0 bridgehead atoms. The summed E-state index contributed by atoms with van der Waals surface area (Å²) < 4.78 is 16.2. The molecule has 1 aromatic heterocycles. The Balaban J connectivity index is 1.55. The zero-order valence-electron chi connectivity index (χ0n) is 14.5. The van der Waals surface area contributed by atoms with Crippen LogP contribution in [0.3, 0.4) is 0 Å². The molecule has 1 saturated heterocycles. The summed E-state index contributed by atoms with van der Waals surface area (Å²) in [5, 5.41) is 0. The third-order valence-electron chi connectivity index (χ3n) is 3.78. The first-order chi connectivity index (χ1) is 11.9. The summed E-state index contributed by atoms with van der Waals surface area (Å²) in [6.07, 6.45) is -0.0207. The van der Waals surface area contributed by atoms with Crippen molar-refractivity contribution in [2.75, 3.05) is 13.1 Å². The monoisotopic (exact) mass is 343 g/mol. The van der Waals surface area contributed by atoms with E-state index < -0.39 is 5.63 Å². The Hall–Kier alpha value is -2.76. The summed E-state index contributed by atoms with van der Waals surface area (Å²) in [4.78, 5) is 25.5. The highest BCUT2D eigenvalue weighted by Gasteiger charge is 2.33. The zero-order chi connectivity index (χ0) is 18.0. The van der Waals surface area contributed by atoms with E-state index in [0.29, 0.717) is 30.2 Å². The Morgan fingerprint density at radius 1 is 1.16 bits per heavy atom. The van der Waals surface area contributed by atoms with Gasteiger partial charge in [-0.25, -0.2) is 4.79 Å². The lowest BCUT2D eigenvalue weighted by Crippen LogP contribution is -2.56. The molecule has 25 heavy (non-hydrogen) atoms. The van der Waals surface area contributed by atoms with Gasteiger partial charge < -0.3 is 18.8 Å². The van der Waals surface area contributed by atoms with Gasteiger partial charge in [0.05, 0.1) is 25.3 Å². The van der Waals surface area contributed by atoms with Crippen LogP contribution >= 0.6 is 0 Å². The van der Waals surface area contributed by atoms with Crippen LogP contribution in [0.2, 0.25) is 0 Å². The molecule has 0 aliphatic carbocycles. The SMILES string of the molecule is Cc1cc(OC2CN(C(=O)c3ccc(OC(C)C)cc3)C2)cc(=O)o1. The van der Waals surface area contributed by atoms with Crippen LogP contribution in [0.4, 0.5) is 0 Å². The number of likely N-dealkylation sites (tertiary alicyclic amines) is 1. The first kappa shape index (κ1) is 17.1. The van der Waals surface area contributed by atoms with Crippen molar-refractivity contribution in [3.63, 3.8) is 0 Å². The van der Waals surface area contributed by atoms with E-state index in [1.165, 1.54) is 6.07 Å². The van der Waals surface area contributed by atoms with Gasteiger partial charge in [-0.1, -0.05) is 0 Å². The number of hydrogen-bond donors (Lipinski definition) is 0. The van der Waals surface area contributed by atoms with Gasteiger partial charge in [0.1, 0.15) is 23.4 Å². The molecule has 0 spiro atoms. The molecule has 0 saturated carbocycles. The summed E-state index contributed by atoms with van der Waals surface area (Å²) in [6, 6.07) is 10.1. The minimum absolute atomic E-state index is 0.0419. The maximum atomic E-state index is 12.4. The van der Waals surface area contributed by atoms with Crippen LogP contribution in [0.25, 0.3) is 0 Å². The van der Waals surface area contributed by atoms with E-state index in [-0.39, 0.29) is 18.1 Å². The molecule has 0 N–H and O–H groups in total. The van der Waals surface area contributed by atoms with Gasteiger partial charge in [0, 0.05) is 11.6 Å². The fourth-order valence-electron chi connectivity index (χ4n) is 2.65. The van der Waals surface area contributed by atoms with Gasteiger partial charge in [0.2, 0.25) is 0 Å². The van der Waals surface area contributed by atoms with E-state index in [9.17, 15) is 9.59 Å². The molecule has 132 valence electrons. The van der Waals surface area contributed by atoms with Crippen molar-refractivity contribution in [2.24, 2.45) is 0 Å². The summed E-state index contributed by atoms with van der Waals surface area (Å²) in [5.41, 5.74) is 0.178. The number of rotatable bonds is 5. The van der Waals surface area contributed by atoms with Crippen LogP contribution < -0.4 is 15.1 Å². The highest BCUT2D eigenvalue weighted by molar-refractivity contribution is 5.94. The van der Waals surface area contributed by atoms with E-state index in [1.807, 2.05) is 13.8 Å². The molecule has 0 unspecified atom stereocenters. The lowest BCUT2D eigenvalue weighted by atomic mass is 10.1. The third kappa shape index (κ3) is 4.21. The predicted molar refractivity (Wildman–Crippen MR) is 92.2 cm³/mol. The number of nitrogens with zero attached hydrogens (tertiary/aromatic N) is 1. The first-order valence-corrected chi connectivity index (χ1v) is 8.25. The molecular weight excluding hydrogens is 322 g/mol. The molecule has 0 radical (unpaired) electrons. The standard InChI is InChI=1S/C19H21NO5/c1-12(2)23-15-6-4-14(5-7-15)19(22)20-10-17(11-20)25-16-8-13(3)24-18(21)9-16/h4-9,12,17H,10-11H2,1-3H3. The number of hydrogen-bond acceptors (Lipinski definition) is 5. The molecule has 1 amide bonds. The molecule has 1 aromatic carbocycles. The summed E-state index contributed by atoms with van der Waals surface area (Å²) in [7, 11) is 0. The average Bonchev–Trinajstić information content (AvgIpc) is 2.49. The van der Waals surface area contributed by atoms with E-state index in [1.54, 1.807) is 42.2 Å². The predicted octanol–water partition coefficient (Wildman–Crippen LogP) is 2.64. The minimum Gasteiger partial charge on any atom is -0.491 e. The molecule has 3 rings (SSSR count). The van der Waals surface area contributed by atoms with Crippen LogP contribution in [0, 0.1) is 6.92 Å². The lowest BCUT2D eigenvalue weighted by molar-refractivity contribution is 0.0175. The number of benzene rings is 1. The van der Waals surface area contributed by atoms with Crippen molar-refractivity contribution in [1.29, 1.82) is 0 Å². The molecular formula is C19H21NO5. The first-order valence-electron chi connectivity index (χ1n) is 8.25. The van der Waals surface area contributed by atoms with Crippen molar-refractivity contribution in [3.8, 4) is 11.5 Å². The molecule has 1 fully saturated rings. The van der Waals surface area contributed by atoms with Crippen molar-refractivity contribution >= 4 is 5.91 Å². The molecule has 2 aromatic rings. The summed E-state index contributed by atoms with van der Waals surface area (Å²) >= 11 is 0. The smallest absolute Gasteiger partial charge is 0.339 e. The van der Waals surface area contributed by atoms with Gasteiger partial charge >= 0.3 is 5.63 Å². The Morgan fingerprint density at radius 2 is 1.84 bits per heavy atom. The van der Waals surface area contributed by atoms with Crippen molar-refractivity contribution in [1.82, 2.24) is 4.90 Å². The second-order valence-corrected chi connectivity index (χ2v) is 6.36. The number of carbonyl (C=O) groups is 1. The van der Waals surface area contributed by atoms with Gasteiger partial charge in [-0.05, 0) is 45.0 Å². The van der Waals surface area contributed by atoms with E-state index >= 15 is 0 Å². The molecule has 0 atom stereocenters. The van der Waals surface area contributed by atoms with Gasteiger partial charge in [0.15, 0.2) is 0 Å². The van der Waals surface area contributed by atoms with Gasteiger partial charge in [-0.15, -0.1) is 0 Å². The third-order valence-corrected chi connectivity index (χ3v) is 3.78. The number of amides is 1. The number of ether oxygens (including phenoxy) is 2. The Labute approximate surface area is 146 Å². The molecule has 2 heterocycles. The fourth-order valence-corrected chi connectivity index (χ4v) is 2.65. The van der Waals surface area contributed by atoms with Crippen molar-refractivity contribution in [3.05, 3.63) is 58.1 Å². The number of aryl methyl sites for hydroxylation is 1. The van der Waals surface area contributed by atoms with Gasteiger partial charge in [-0.3, -0.25) is 4.79 Å². The summed E-state index contributed by atoms with van der Waals surface area (Å²) in [6.45, 7) is 6.58. The Bertz CT molecular complexity index is 803. The fraction of sp³-hybridized carbons (Fsp3) is 0.368. The van der Waals surface area contributed by atoms with Crippen LogP contribution in [-0.2, 0) is 0 Å². The Morgan fingerprint density at radius 3 is 2.44 bits per heavy atom. The molecule has 1 aliphatic heterocycles. The van der Waals surface area contributed by atoms with Crippen molar-refractivity contribution < 1.29 is 18.7 Å². The van der Waals surface area contributed by atoms with Crippen molar-refractivity contribution in [2.45, 2.75) is 33.0 Å². The zero-order valence-corrected chi connectivity index (χ0v) is 14.5. The van der Waals surface area contributed by atoms with Crippen LogP contribution in [0.1, 0.15) is 30.0 Å². The molecule has 6 heteroatoms. The Kier molecular flexibility index (Phi) is 4.79. The lowest BCUT2D eigenvalue weighted by Gasteiger charge is -2.39. The number of carbonyl (C=O) groups excluding carboxylic acids is 1. The summed E-state index contributed by atoms with van der Waals surface area (Å²) in [5.74, 6) is 1.67. The maximum absolute atomic E-state index is 12.4. The normalized spacial score (nSPS) is 14.3. The largest absolute Gasteiger partial charge is 0.491 e. The molecule has 6 nitrogen and oxygen atoms in total. The van der Waals surface area contributed by atoms with Crippen LogP contribution in [0.15, 0.2) is 45.6 Å². The van der Waals surface area contributed by atoms with E-state index in [2.05, 4.69) is 0 Å². The van der Waals surface area contributed by atoms with Gasteiger partial charge in [0.25, 0.3) is 5.91 Å². The maximum Gasteiger partial charge on any atom is 0.339 e. The highest BCUT2D eigenvalue weighted by atomic mass is 16.5. The van der Waals surface area contributed by atoms with E-state index in [0.717, 1.165) is 5.75 Å². The second-order valence-electron chi connectivity index (χ2n) is 6.36. The topological polar surface area (TPSA) is 69.0 Å². The molecule has 1 aliphatic rings. The second kappa shape index (κ2) is 7.01. The highest BCUT2D eigenvalue weighted by Crippen LogP contribution is 2.21. The van der Waals surface area contributed by atoms with E-state index in [4.69, 9.17) is 13.9 Å². The van der Waals surface area contributed by atoms with Gasteiger partial charge in [-0.2, -0.15) is 0 Å². The minimum atomic E-state index is -0.439. The quantitative estimate of drug-likeness (QED) is 0.835. The van der Waals surface area contributed by atoms with Crippen LogP contribution in [-0.4, -0.2) is 36.1 Å². The van der Waals surface area contributed by atoms with Crippen LogP contribution in [0.5, 0.6) is 11.5 Å².